The highest BCUT2D eigenvalue weighted by molar-refractivity contribution is 9.10. The molecule has 0 saturated heterocycles. The lowest BCUT2D eigenvalue weighted by molar-refractivity contribution is -0.118. The molecule has 0 atom stereocenters. The molecule has 0 saturated carbocycles. The van der Waals surface area contributed by atoms with Crippen molar-refractivity contribution in [3.05, 3.63) is 82.3 Å². The third-order valence-electron chi connectivity index (χ3n) is 4.72. The second kappa shape index (κ2) is 8.83. The number of carbonyl (C=O) groups is 1. The number of anilines is 1. The van der Waals surface area contributed by atoms with Gasteiger partial charge in [0.1, 0.15) is 5.75 Å². The number of hydrogen-bond acceptors (Lipinski definition) is 2. The van der Waals surface area contributed by atoms with Crippen LogP contribution in [0.4, 0.5) is 5.69 Å². The molecule has 150 valence electrons. The van der Waals surface area contributed by atoms with Crippen LogP contribution in [0, 0.1) is 6.92 Å². The maximum atomic E-state index is 12.3. The fourth-order valence-corrected chi connectivity index (χ4v) is 3.39. The predicted octanol–water partition coefficient (Wildman–Crippen LogP) is 6.74. The van der Waals surface area contributed by atoms with Gasteiger partial charge < -0.3 is 10.1 Å². The van der Waals surface area contributed by atoms with Crippen LogP contribution >= 0.6 is 15.9 Å². The normalized spacial score (nSPS) is 11.2. The fourth-order valence-electron chi connectivity index (χ4n) is 2.91. The lowest BCUT2D eigenvalue weighted by Crippen LogP contribution is -2.20. The van der Waals surface area contributed by atoms with E-state index in [2.05, 4.69) is 73.2 Å². The van der Waals surface area contributed by atoms with Crippen LogP contribution in [-0.4, -0.2) is 12.5 Å². The summed E-state index contributed by atoms with van der Waals surface area (Å²) < 4.78 is 6.50. The molecule has 0 radical (unpaired) electrons. The lowest BCUT2D eigenvalue weighted by Gasteiger charge is -2.20. The predicted molar refractivity (Wildman–Crippen MR) is 124 cm³/mol. The zero-order valence-corrected chi connectivity index (χ0v) is 18.8. The number of benzene rings is 3. The van der Waals surface area contributed by atoms with E-state index in [0.29, 0.717) is 5.75 Å². The number of hydrogen-bond donors (Lipinski definition) is 1. The van der Waals surface area contributed by atoms with Gasteiger partial charge in [0.2, 0.25) is 0 Å². The Bertz CT molecular complexity index is 987. The number of halogens is 1. The van der Waals surface area contributed by atoms with Crippen molar-refractivity contribution < 1.29 is 9.53 Å². The second-order valence-corrected chi connectivity index (χ2v) is 9.03. The van der Waals surface area contributed by atoms with Crippen LogP contribution in [0.3, 0.4) is 0 Å². The first-order chi connectivity index (χ1) is 13.7. The van der Waals surface area contributed by atoms with E-state index in [4.69, 9.17) is 4.74 Å². The van der Waals surface area contributed by atoms with Crippen LogP contribution in [-0.2, 0) is 10.2 Å². The molecule has 3 rings (SSSR count). The van der Waals surface area contributed by atoms with Crippen LogP contribution in [0.2, 0.25) is 0 Å². The van der Waals surface area contributed by atoms with E-state index >= 15 is 0 Å². The minimum atomic E-state index is -0.197. The minimum Gasteiger partial charge on any atom is -0.484 e. The molecule has 0 aromatic heterocycles. The van der Waals surface area contributed by atoms with Gasteiger partial charge in [-0.2, -0.15) is 0 Å². The molecule has 1 N–H and O–H groups in total. The third kappa shape index (κ3) is 5.70. The van der Waals surface area contributed by atoms with Gasteiger partial charge in [0.05, 0.1) is 5.69 Å². The molecule has 29 heavy (non-hydrogen) atoms. The topological polar surface area (TPSA) is 38.3 Å². The van der Waals surface area contributed by atoms with Crippen LogP contribution in [0.1, 0.15) is 31.9 Å². The molecule has 3 aromatic carbocycles. The highest BCUT2D eigenvalue weighted by Gasteiger charge is 2.15. The van der Waals surface area contributed by atoms with E-state index in [1.807, 2.05) is 42.5 Å². The van der Waals surface area contributed by atoms with Crippen molar-refractivity contribution >= 4 is 27.5 Å². The molecular formula is C25H26BrNO2. The monoisotopic (exact) mass is 451 g/mol. The maximum Gasteiger partial charge on any atom is 0.262 e. The summed E-state index contributed by atoms with van der Waals surface area (Å²) in [4.78, 5) is 12.3. The quantitative estimate of drug-likeness (QED) is 0.466. The summed E-state index contributed by atoms with van der Waals surface area (Å²) in [6.07, 6.45) is 0. The molecular weight excluding hydrogens is 426 g/mol. The Morgan fingerprint density at radius 1 is 0.931 bits per heavy atom. The van der Waals surface area contributed by atoms with E-state index in [0.717, 1.165) is 21.3 Å². The third-order valence-corrected chi connectivity index (χ3v) is 5.37. The number of amides is 1. The van der Waals surface area contributed by atoms with E-state index < -0.39 is 0 Å². The molecule has 0 aliphatic rings. The maximum absolute atomic E-state index is 12.3. The summed E-state index contributed by atoms with van der Waals surface area (Å²) in [6, 6.07) is 22.1. The van der Waals surface area contributed by atoms with Crippen LogP contribution < -0.4 is 10.1 Å². The summed E-state index contributed by atoms with van der Waals surface area (Å²) >= 11 is 3.54. The fraction of sp³-hybridized carbons (Fsp3) is 0.240. The standard InChI is InChI=1S/C25H26BrNO2/c1-17-5-7-18(8-6-17)19-9-12-21(13-10-19)29-16-24(28)27-23-14-11-20(15-22(23)26)25(2,3)4/h5-15H,16H2,1-4H3,(H,27,28). The molecule has 3 aromatic rings. The number of rotatable bonds is 5. The van der Waals surface area contributed by atoms with Crippen molar-refractivity contribution in [3.63, 3.8) is 0 Å². The Labute approximate surface area is 181 Å². The summed E-state index contributed by atoms with van der Waals surface area (Å²) in [7, 11) is 0. The Morgan fingerprint density at radius 3 is 2.07 bits per heavy atom. The molecule has 0 unspecified atom stereocenters. The summed E-state index contributed by atoms with van der Waals surface area (Å²) in [6.45, 7) is 8.50. The van der Waals surface area contributed by atoms with Crippen LogP contribution in [0.15, 0.2) is 71.2 Å². The summed E-state index contributed by atoms with van der Waals surface area (Å²) in [5.74, 6) is 0.468. The van der Waals surface area contributed by atoms with E-state index in [1.165, 1.54) is 11.1 Å². The number of ether oxygens (including phenoxy) is 1. The minimum absolute atomic E-state index is 0.0443. The summed E-state index contributed by atoms with van der Waals surface area (Å²) in [5.41, 5.74) is 5.50. The van der Waals surface area contributed by atoms with Crippen molar-refractivity contribution in [2.24, 2.45) is 0 Å². The van der Waals surface area contributed by atoms with Gasteiger partial charge in [-0.25, -0.2) is 0 Å². The zero-order chi connectivity index (χ0) is 21.0. The SMILES string of the molecule is Cc1ccc(-c2ccc(OCC(=O)Nc3ccc(C(C)(C)C)cc3Br)cc2)cc1. The Hall–Kier alpha value is -2.59. The summed E-state index contributed by atoms with van der Waals surface area (Å²) in [5, 5.41) is 2.89. The van der Waals surface area contributed by atoms with E-state index in [-0.39, 0.29) is 17.9 Å². The number of carbonyl (C=O) groups excluding carboxylic acids is 1. The van der Waals surface area contributed by atoms with Crippen molar-refractivity contribution in [3.8, 4) is 16.9 Å². The molecule has 0 spiro atoms. The van der Waals surface area contributed by atoms with Gasteiger partial charge in [-0.05, 0) is 69.2 Å². The van der Waals surface area contributed by atoms with E-state index in [1.54, 1.807) is 0 Å². The molecule has 3 nitrogen and oxygen atoms in total. The van der Waals surface area contributed by atoms with Gasteiger partial charge >= 0.3 is 0 Å². The molecule has 0 bridgehead atoms. The van der Waals surface area contributed by atoms with Crippen molar-refractivity contribution in [2.75, 3.05) is 11.9 Å². The zero-order valence-electron chi connectivity index (χ0n) is 17.3. The van der Waals surface area contributed by atoms with Gasteiger partial charge in [-0.15, -0.1) is 0 Å². The van der Waals surface area contributed by atoms with Gasteiger partial charge in [0.25, 0.3) is 5.91 Å². The Morgan fingerprint density at radius 2 is 1.52 bits per heavy atom. The van der Waals surface area contributed by atoms with E-state index in [9.17, 15) is 4.79 Å². The highest BCUT2D eigenvalue weighted by atomic mass is 79.9. The molecule has 4 heteroatoms. The van der Waals surface area contributed by atoms with Gasteiger partial charge in [-0.1, -0.05) is 68.8 Å². The van der Waals surface area contributed by atoms with Gasteiger partial charge in [-0.3, -0.25) is 4.79 Å². The highest BCUT2D eigenvalue weighted by Crippen LogP contribution is 2.30. The van der Waals surface area contributed by atoms with Crippen molar-refractivity contribution in [1.29, 1.82) is 0 Å². The average Bonchev–Trinajstić information content (AvgIpc) is 2.68. The molecule has 0 aliphatic heterocycles. The van der Waals surface area contributed by atoms with Gasteiger partial charge in [0.15, 0.2) is 6.61 Å². The van der Waals surface area contributed by atoms with Gasteiger partial charge in [0, 0.05) is 4.47 Å². The lowest BCUT2D eigenvalue weighted by atomic mass is 9.87. The van der Waals surface area contributed by atoms with Crippen molar-refractivity contribution in [1.82, 2.24) is 0 Å². The van der Waals surface area contributed by atoms with Crippen molar-refractivity contribution in [2.45, 2.75) is 33.1 Å². The first-order valence-corrected chi connectivity index (χ1v) is 10.4. The molecule has 1 amide bonds. The van der Waals surface area contributed by atoms with Crippen LogP contribution in [0.25, 0.3) is 11.1 Å². The largest absolute Gasteiger partial charge is 0.484 e. The average molecular weight is 452 g/mol. The smallest absolute Gasteiger partial charge is 0.262 e. The Balaban J connectivity index is 1.57. The molecule has 0 aliphatic carbocycles. The molecule has 0 fully saturated rings. The number of aryl methyl sites for hydroxylation is 1. The molecule has 0 heterocycles. The first-order valence-electron chi connectivity index (χ1n) is 9.62. The first kappa shape index (κ1) is 21.1. The van der Waals surface area contributed by atoms with Crippen LogP contribution in [0.5, 0.6) is 5.75 Å². The number of nitrogens with one attached hydrogen (secondary N) is 1. The Kier molecular flexibility index (Phi) is 6.43. The second-order valence-electron chi connectivity index (χ2n) is 8.17.